The smallest absolute Gasteiger partial charge is 0.321 e. The van der Waals surface area contributed by atoms with E-state index in [2.05, 4.69) is 127 Å². The summed E-state index contributed by atoms with van der Waals surface area (Å²) in [5.74, 6) is -2.03. The Bertz CT molecular complexity index is 1360. The average Bonchev–Trinajstić information content (AvgIpc) is 3.21. The molecule has 3 N–H and O–H groups in total. The highest BCUT2D eigenvalue weighted by atomic mass is 16.6. The third-order valence-corrected chi connectivity index (χ3v) is 15.9. The van der Waals surface area contributed by atoms with Crippen molar-refractivity contribution in [2.45, 2.75) is 242 Å². The first kappa shape index (κ1) is 54.4. The molecule has 0 aromatic heterocycles. The summed E-state index contributed by atoms with van der Waals surface area (Å²) in [7, 11) is 0. The van der Waals surface area contributed by atoms with Gasteiger partial charge in [-0.25, -0.2) is 0 Å². The number of hydrogen-bond acceptors (Lipinski definition) is 11. The van der Waals surface area contributed by atoms with Gasteiger partial charge < -0.3 is 34.9 Å². The zero-order valence-corrected chi connectivity index (χ0v) is 43.2. The second-order valence-electron chi connectivity index (χ2n) is 23.6. The highest BCUT2D eigenvalue weighted by Crippen LogP contribution is 2.40. The second-order valence-corrected chi connectivity index (χ2v) is 23.6. The van der Waals surface area contributed by atoms with Crippen LogP contribution in [0.4, 0.5) is 0 Å². The highest BCUT2D eigenvalue weighted by Gasteiger charge is 2.48. The number of carbonyl (C=O) groups is 4. The Hall–Kier alpha value is -2.24. The maximum atomic E-state index is 15.0. The lowest BCUT2D eigenvalue weighted by Crippen LogP contribution is -2.54. The Kier molecular flexibility index (Phi) is 21.0. The largest absolute Gasteiger partial charge is 0.462 e. The van der Waals surface area contributed by atoms with Crippen molar-refractivity contribution in [3.63, 3.8) is 0 Å². The molecule has 4 aliphatic rings. The summed E-state index contributed by atoms with van der Waals surface area (Å²) >= 11 is 0. The molecular formula is C53H95N3O8. The van der Waals surface area contributed by atoms with Crippen LogP contribution in [-0.4, -0.2) is 84.5 Å². The van der Waals surface area contributed by atoms with Crippen LogP contribution in [0.5, 0.6) is 0 Å². The normalized spacial score (nSPS) is 32.7. The third-order valence-electron chi connectivity index (χ3n) is 15.9. The molecule has 0 bridgehead atoms. The van der Waals surface area contributed by atoms with Gasteiger partial charge in [-0.1, -0.05) is 111 Å². The molecule has 0 aromatic rings. The zero-order valence-electron chi connectivity index (χ0n) is 43.2. The Labute approximate surface area is 389 Å². The van der Waals surface area contributed by atoms with Crippen LogP contribution in [0.15, 0.2) is 0 Å². The van der Waals surface area contributed by atoms with Crippen molar-refractivity contribution in [2.75, 3.05) is 0 Å². The summed E-state index contributed by atoms with van der Waals surface area (Å²) < 4.78 is 25.6. The van der Waals surface area contributed by atoms with Crippen LogP contribution in [0, 0.1) is 71.0 Å². The van der Waals surface area contributed by atoms with Crippen molar-refractivity contribution in [1.82, 2.24) is 16.0 Å². The molecule has 0 radical (unpaired) electrons. The first-order valence-corrected chi connectivity index (χ1v) is 26.0. The van der Waals surface area contributed by atoms with Crippen molar-refractivity contribution < 1.29 is 38.1 Å². The molecule has 3 saturated heterocycles. The fourth-order valence-electron chi connectivity index (χ4n) is 10.9. The number of carbonyl (C=O) groups excluding carboxylic acids is 4. The van der Waals surface area contributed by atoms with E-state index in [-0.39, 0.29) is 61.3 Å². The van der Waals surface area contributed by atoms with E-state index in [0.29, 0.717) is 97.7 Å². The molecule has 3 heterocycles. The molecule has 370 valence electrons. The molecule has 3 aliphatic heterocycles. The molecular weight excluding hydrogens is 807 g/mol. The van der Waals surface area contributed by atoms with Gasteiger partial charge in [-0.05, 0) is 84.9 Å². The predicted molar refractivity (Wildman–Crippen MR) is 255 cm³/mol. The fourth-order valence-corrected chi connectivity index (χ4v) is 10.9. The van der Waals surface area contributed by atoms with Gasteiger partial charge in [0.05, 0.1) is 5.92 Å². The third kappa shape index (κ3) is 15.7. The Balaban J connectivity index is 1.71. The Morgan fingerprint density at radius 3 is 0.953 bits per heavy atom. The Morgan fingerprint density at radius 2 is 0.656 bits per heavy atom. The van der Waals surface area contributed by atoms with Gasteiger partial charge in [-0.15, -0.1) is 0 Å². The second kappa shape index (κ2) is 24.7. The van der Waals surface area contributed by atoms with Crippen LogP contribution in [0.2, 0.25) is 0 Å². The van der Waals surface area contributed by atoms with Gasteiger partial charge in [0.25, 0.3) is 0 Å². The van der Waals surface area contributed by atoms with Crippen molar-refractivity contribution >= 4 is 23.9 Å². The fraction of sp³-hybridized carbons (Fsp3) is 0.925. The molecule has 11 nitrogen and oxygen atoms in total. The molecule has 4 fully saturated rings. The van der Waals surface area contributed by atoms with Gasteiger partial charge in [0, 0.05) is 81.2 Å². The molecule has 0 amide bonds. The van der Waals surface area contributed by atoms with E-state index in [9.17, 15) is 19.2 Å². The number of piperidine rings is 3. The first-order chi connectivity index (χ1) is 29.9. The lowest BCUT2D eigenvalue weighted by Gasteiger charge is -2.41. The van der Waals surface area contributed by atoms with Crippen LogP contribution in [0.25, 0.3) is 0 Å². The summed E-state index contributed by atoms with van der Waals surface area (Å²) in [6.45, 7) is 34.9. The average molecular weight is 902 g/mol. The van der Waals surface area contributed by atoms with Crippen LogP contribution in [0.3, 0.4) is 0 Å². The molecule has 64 heavy (non-hydrogen) atoms. The van der Waals surface area contributed by atoms with Gasteiger partial charge in [-0.2, -0.15) is 0 Å². The Morgan fingerprint density at radius 1 is 0.375 bits per heavy atom. The van der Waals surface area contributed by atoms with Gasteiger partial charge >= 0.3 is 23.9 Å². The maximum Gasteiger partial charge on any atom is 0.321 e. The number of ether oxygens (including phenoxy) is 4. The predicted octanol–water partition coefficient (Wildman–Crippen LogP) is 9.67. The van der Waals surface area contributed by atoms with Crippen molar-refractivity contribution in [3.05, 3.63) is 0 Å². The molecule has 1 aliphatic carbocycles. The van der Waals surface area contributed by atoms with E-state index < -0.39 is 47.9 Å². The van der Waals surface area contributed by atoms with Crippen LogP contribution >= 0.6 is 0 Å². The summed E-state index contributed by atoms with van der Waals surface area (Å²) in [5, 5.41) is 11.3. The SMILES string of the molecule is CC(C)C1CC(OC(=O)C(CCC(=O)OC2CC(C(C)C)NC(C(C)C)C2)C(C(=O)OC2CC(C(C)C)NC(C(C)C)C2)C(=O)OC2CC(C(C)C)NC(C(C)C)C2)CC(C(C)C)C1. The van der Waals surface area contributed by atoms with Gasteiger partial charge in [0.2, 0.25) is 0 Å². The topological polar surface area (TPSA) is 141 Å². The molecule has 4 rings (SSSR count). The van der Waals surface area contributed by atoms with Gasteiger partial charge in [0.1, 0.15) is 24.4 Å². The summed E-state index contributed by atoms with van der Waals surface area (Å²) in [6, 6.07) is 0.874. The van der Waals surface area contributed by atoms with Crippen LogP contribution in [-0.2, 0) is 38.1 Å². The lowest BCUT2D eigenvalue weighted by atomic mass is 9.71. The van der Waals surface area contributed by atoms with Crippen molar-refractivity contribution in [3.8, 4) is 0 Å². The zero-order chi connectivity index (χ0) is 47.7. The number of rotatable bonds is 19. The van der Waals surface area contributed by atoms with E-state index >= 15 is 0 Å². The van der Waals surface area contributed by atoms with E-state index in [1.165, 1.54) is 0 Å². The number of esters is 4. The summed E-state index contributed by atoms with van der Waals surface area (Å²) in [5.41, 5.74) is 0. The molecule has 11 heteroatoms. The van der Waals surface area contributed by atoms with E-state index in [1.54, 1.807) is 0 Å². The highest BCUT2D eigenvalue weighted by molar-refractivity contribution is 5.99. The van der Waals surface area contributed by atoms with Crippen LogP contribution < -0.4 is 16.0 Å². The monoisotopic (exact) mass is 902 g/mol. The van der Waals surface area contributed by atoms with Crippen LogP contribution in [0.1, 0.15) is 181 Å². The van der Waals surface area contributed by atoms with Gasteiger partial charge in [-0.3, -0.25) is 19.2 Å². The molecule has 1 saturated carbocycles. The molecule has 0 aromatic carbocycles. The molecule has 0 spiro atoms. The number of hydrogen-bond donors (Lipinski definition) is 3. The van der Waals surface area contributed by atoms with Crippen molar-refractivity contribution in [2.24, 2.45) is 71.0 Å². The standard InChI is InChI=1S/C53H95N3O8/c1-28(2)36-19-37(29(3)4)21-38(20-36)62-51(58)42(17-18-49(57)61-39-22-43(30(5)6)54-44(23-39)31(7)8)50(52(59)63-40-24-45(32(9)10)55-46(25-40)33(11)12)53(60)64-41-26-47(34(13)14)56-48(27-41)35(15)16/h28-48,50,54-56H,17-27H2,1-16H3. The molecule has 9 unspecified atom stereocenters. The quantitative estimate of drug-likeness (QED) is 0.0649. The molecule has 9 atom stereocenters. The first-order valence-electron chi connectivity index (χ1n) is 26.0. The van der Waals surface area contributed by atoms with E-state index in [1.807, 2.05) is 0 Å². The van der Waals surface area contributed by atoms with Crippen molar-refractivity contribution in [1.29, 1.82) is 0 Å². The summed E-state index contributed by atoms with van der Waals surface area (Å²) in [4.78, 5) is 58.9. The maximum absolute atomic E-state index is 15.0. The minimum absolute atomic E-state index is 0.0996. The van der Waals surface area contributed by atoms with E-state index in [0.717, 1.165) is 19.3 Å². The number of nitrogens with one attached hydrogen (secondary N) is 3. The van der Waals surface area contributed by atoms with Gasteiger partial charge in [0.15, 0.2) is 5.92 Å². The summed E-state index contributed by atoms with van der Waals surface area (Å²) in [6.07, 6.45) is 4.46. The van der Waals surface area contributed by atoms with E-state index in [4.69, 9.17) is 18.9 Å². The lowest BCUT2D eigenvalue weighted by molar-refractivity contribution is -0.182. The minimum Gasteiger partial charge on any atom is -0.462 e. The minimum atomic E-state index is -1.60.